The molecule has 0 saturated carbocycles. The van der Waals surface area contributed by atoms with Crippen molar-refractivity contribution in [3.8, 4) is 0 Å². The van der Waals surface area contributed by atoms with Crippen LogP contribution in [-0.2, 0) is 0 Å². The van der Waals surface area contributed by atoms with E-state index in [9.17, 15) is 0 Å². The van der Waals surface area contributed by atoms with Crippen LogP contribution in [0.1, 0.15) is 19.3 Å². The van der Waals surface area contributed by atoms with Gasteiger partial charge < -0.3 is 15.2 Å². The lowest BCUT2D eigenvalue weighted by molar-refractivity contribution is 0.382. The Balaban J connectivity index is 1.76. The molecule has 2 saturated heterocycles. The van der Waals surface area contributed by atoms with Crippen LogP contribution >= 0.6 is 0 Å². The largest absolute Gasteiger partial charge is 0.351 e. The Kier molecular flexibility index (Phi) is 2.26. The number of nitrogens with one attached hydrogen (secondary N) is 2. The molecule has 0 aromatic carbocycles. The number of nitrogens with zero attached hydrogens (tertiary/aromatic N) is 3. The number of piperidine rings is 1. The minimum Gasteiger partial charge on any atom is -0.351 e. The van der Waals surface area contributed by atoms with Gasteiger partial charge in [-0.15, -0.1) is 0 Å². The van der Waals surface area contributed by atoms with Gasteiger partial charge in [0, 0.05) is 24.8 Å². The predicted molar refractivity (Wildman–Crippen MR) is 70.7 cm³/mol. The monoisotopic (exact) mass is 243 g/mol. The van der Waals surface area contributed by atoms with Gasteiger partial charge in [-0.2, -0.15) is 0 Å². The number of aromatic nitrogens is 3. The Hall–Kier alpha value is -1.62. The Morgan fingerprint density at radius 2 is 2.28 bits per heavy atom. The van der Waals surface area contributed by atoms with Gasteiger partial charge in [0.05, 0.1) is 5.39 Å². The predicted octanol–water partition coefficient (Wildman–Crippen LogP) is 1.29. The zero-order valence-corrected chi connectivity index (χ0v) is 10.3. The minimum atomic E-state index is 0.603. The third-order valence-electron chi connectivity index (χ3n) is 4.23. The number of H-pyrrole nitrogens is 1. The molecule has 2 fully saturated rings. The van der Waals surface area contributed by atoms with E-state index < -0.39 is 0 Å². The lowest BCUT2D eigenvalue weighted by Crippen LogP contribution is -2.47. The van der Waals surface area contributed by atoms with Crippen LogP contribution in [0.5, 0.6) is 0 Å². The number of rotatable bonds is 1. The van der Waals surface area contributed by atoms with E-state index in [1.54, 1.807) is 6.33 Å². The summed E-state index contributed by atoms with van der Waals surface area (Å²) in [6, 6.07) is 3.32. The molecule has 0 amide bonds. The van der Waals surface area contributed by atoms with E-state index in [-0.39, 0.29) is 0 Å². The second-order valence-corrected chi connectivity index (χ2v) is 5.19. The maximum Gasteiger partial charge on any atom is 0.142 e. The molecule has 5 heteroatoms. The Morgan fingerprint density at radius 3 is 3.28 bits per heavy atom. The fourth-order valence-corrected chi connectivity index (χ4v) is 3.40. The molecule has 2 aromatic heterocycles. The van der Waals surface area contributed by atoms with Crippen LogP contribution in [0.3, 0.4) is 0 Å². The van der Waals surface area contributed by atoms with Crippen LogP contribution in [0.25, 0.3) is 11.0 Å². The van der Waals surface area contributed by atoms with E-state index in [1.807, 2.05) is 6.20 Å². The molecule has 0 bridgehead atoms. The van der Waals surface area contributed by atoms with Crippen molar-refractivity contribution in [2.75, 3.05) is 18.0 Å². The quantitative estimate of drug-likeness (QED) is 0.792. The highest BCUT2D eigenvalue weighted by atomic mass is 15.3. The molecule has 2 aliphatic heterocycles. The van der Waals surface area contributed by atoms with E-state index in [0.717, 1.165) is 23.4 Å². The highest BCUT2D eigenvalue weighted by Gasteiger charge is 2.36. The third-order valence-corrected chi connectivity index (χ3v) is 4.23. The second kappa shape index (κ2) is 3.95. The fraction of sp³-hybridized carbons (Fsp3) is 0.538. The second-order valence-electron chi connectivity index (χ2n) is 5.19. The van der Waals surface area contributed by atoms with E-state index in [1.165, 1.54) is 25.8 Å². The summed E-state index contributed by atoms with van der Waals surface area (Å²) in [7, 11) is 0. The van der Waals surface area contributed by atoms with E-state index >= 15 is 0 Å². The maximum atomic E-state index is 4.52. The highest BCUT2D eigenvalue weighted by Crippen LogP contribution is 2.32. The van der Waals surface area contributed by atoms with Crippen molar-refractivity contribution in [2.45, 2.75) is 31.3 Å². The zero-order chi connectivity index (χ0) is 11.9. The summed E-state index contributed by atoms with van der Waals surface area (Å²) < 4.78 is 0. The molecular weight excluding hydrogens is 226 g/mol. The summed E-state index contributed by atoms with van der Waals surface area (Å²) in [6.45, 7) is 2.26. The van der Waals surface area contributed by atoms with Gasteiger partial charge >= 0.3 is 0 Å². The van der Waals surface area contributed by atoms with Gasteiger partial charge in [-0.1, -0.05) is 0 Å². The first-order chi connectivity index (χ1) is 8.93. The molecule has 2 N–H and O–H groups in total. The smallest absolute Gasteiger partial charge is 0.142 e. The summed E-state index contributed by atoms with van der Waals surface area (Å²) in [5, 5.41) is 4.77. The first-order valence-electron chi connectivity index (χ1n) is 6.71. The molecule has 4 heterocycles. The lowest BCUT2D eigenvalue weighted by atomic mass is 9.99. The Labute approximate surface area is 106 Å². The van der Waals surface area contributed by atoms with Crippen molar-refractivity contribution >= 4 is 16.9 Å². The molecule has 4 rings (SSSR count). The van der Waals surface area contributed by atoms with Crippen LogP contribution in [0.2, 0.25) is 0 Å². The van der Waals surface area contributed by atoms with E-state index in [0.29, 0.717) is 12.1 Å². The molecule has 0 radical (unpaired) electrons. The number of fused-ring (bicyclic) bond motifs is 2. The number of anilines is 1. The minimum absolute atomic E-state index is 0.603. The van der Waals surface area contributed by atoms with Crippen LogP contribution in [-0.4, -0.2) is 40.1 Å². The summed E-state index contributed by atoms with van der Waals surface area (Å²) in [4.78, 5) is 14.4. The van der Waals surface area contributed by atoms with Crippen molar-refractivity contribution < 1.29 is 0 Å². The van der Waals surface area contributed by atoms with Gasteiger partial charge in [-0.05, 0) is 31.9 Å². The number of hydrogen-bond donors (Lipinski definition) is 2. The van der Waals surface area contributed by atoms with Gasteiger partial charge in [0.25, 0.3) is 0 Å². The van der Waals surface area contributed by atoms with Gasteiger partial charge in [0.1, 0.15) is 17.8 Å². The lowest BCUT2D eigenvalue weighted by Gasteiger charge is -2.33. The maximum absolute atomic E-state index is 4.52. The summed E-state index contributed by atoms with van der Waals surface area (Å²) in [5.41, 5.74) is 0.937. The van der Waals surface area contributed by atoms with Crippen molar-refractivity contribution in [2.24, 2.45) is 0 Å². The third kappa shape index (κ3) is 1.43. The number of hydrogen-bond acceptors (Lipinski definition) is 4. The van der Waals surface area contributed by atoms with Crippen LogP contribution in [0.4, 0.5) is 5.82 Å². The number of aromatic amines is 1. The van der Waals surface area contributed by atoms with Gasteiger partial charge in [-0.25, -0.2) is 9.97 Å². The molecule has 0 spiro atoms. The van der Waals surface area contributed by atoms with Crippen LogP contribution in [0, 0.1) is 0 Å². The topological polar surface area (TPSA) is 56.8 Å². The van der Waals surface area contributed by atoms with Crippen molar-refractivity contribution in [3.05, 3.63) is 18.6 Å². The molecular formula is C13H17N5. The zero-order valence-electron chi connectivity index (χ0n) is 10.3. The SMILES string of the molecule is c1nc(N2CC[C@H]3NCCC[C@H]32)c2cc[nH]c2n1. The molecule has 2 aromatic rings. The van der Waals surface area contributed by atoms with Crippen LogP contribution < -0.4 is 10.2 Å². The van der Waals surface area contributed by atoms with E-state index in [4.69, 9.17) is 0 Å². The van der Waals surface area contributed by atoms with Crippen molar-refractivity contribution in [3.63, 3.8) is 0 Å². The van der Waals surface area contributed by atoms with E-state index in [2.05, 4.69) is 31.2 Å². The van der Waals surface area contributed by atoms with Crippen LogP contribution in [0.15, 0.2) is 18.6 Å². The average Bonchev–Trinajstić information content (AvgIpc) is 3.05. The molecule has 94 valence electrons. The first-order valence-corrected chi connectivity index (χ1v) is 6.71. The molecule has 0 unspecified atom stereocenters. The molecule has 2 atom stereocenters. The van der Waals surface area contributed by atoms with Crippen molar-refractivity contribution in [1.29, 1.82) is 0 Å². The normalized spacial score (nSPS) is 27.7. The molecule has 5 nitrogen and oxygen atoms in total. The van der Waals surface area contributed by atoms with Gasteiger partial charge in [0.15, 0.2) is 0 Å². The highest BCUT2D eigenvalue weighted by molar-refractivity contribution is 5.87. The summed E-state index contributed by atoms with van der Waals surface area (Å²) in [5.74, 6) is 1.09. The summed E-state index contributed by atoms with van der Waals surface area (Å²) >= 11 is 0. The Bertz CT molecular complexity index is 563. The first kappa shape index (κ1) is 10.3. The Morgan fingerprint density at radius 1 is 1.28 bits per heavy atom. The van der Waals surface area contributed by atoms with Crippen molar-refractivity contribution in [1.82, 2.24) is 20.3 Å². The molecule has 2 aliphatic rings. The molecule has 18 heavy (non-hydrogen) atoms. The average molecular weight is 243 g/mol. The van der Waals surface area contributed by atoms with Gasteiger partial charge in [0.2, 0.25) is 0 Å². The van der Waals surface area contributed by atoms with Gasteiger partial charge in [-0.3, -0.25) is 0 Å². The molecule has 0 aliphatic carbocycles. The fourth-order valence-electron chi connectivity index (χ4n) is 3.40. The summed E-state index contributed by atoms with van der Waals surface area (Å²) in [6.07, 6.45) is 7.36. The standard InChI is InChI=1S/C13H17N5/c1-2-11-10(14-5-1)4-7-18(11)13-9-3-6-15-12(9)16-8-17-13/h3,6,8,10-11,14H,1-2,4-5,7H2,(H,15,16,17)/t10-,11-/m1/s1.